The molecule has 2 aliphatic rings. The monoisotopic (exact) mass is 1250 g/mol. The van der Waals surface area contributed by atoms with E-state index in [0.717, 1.165) is 78.3 Å². The Morgan fingerprint density at radius 3 is 1.30 bits per heavy atom. The number of anilines is 5. The number of hydrogen-bond acceptors (Lipinski definition) is 3. The van der Waals surface area contributed by atoms with Crippen LogP contribution in [0, 0.1) is 0 Å². The molecular weight excluding hydrogens is 1160 g/mol. The fourth-order valence-corrected chi connectivity index (χ4v) is 15.6. The second-order valence-electron chi connectivity index (χ2n) is 34.0. The van der Waals surface area contributed by atoms with Gasteiger partial charge < -0.3 is 23.8 Å². The highest BCUT2D eigenvalue weighted by Crippen LogP contribution is 2.54. The predicted octanol–water partition coefficient (Wildman–Crippen LogP) is 23.3. The van der Waals surface area contributed by atoms with E-state index in [1.54, 1.807) is 0 Å². The van der Waals surface area contributed by atoms with Crippen LogP contribution in [0.1, 0.15) is 158 Å². The first-order valence-corrected chi connectivity index (χ1v) is 34.8. The van der Waals surface area contributed by atoms with Crippen LogP contribution in [-0.4, -0.2) is 15.8 Å². The van der Waals surface area contributed by atoms with Gasteiger partial charge in [0.15, 0.2) is 0 Å². The van der Waals surface area contributed by atoms with Crippen molar-refractivity contribution in [2.24, 2.45) is 0 Å². The molecular formula is C90H89BN4O. The standard InChI is InChI=1S/C90H89BN4O/c1-85(2,3)54-31-39-74-65(43-54)66-44-55(86(4,5)6)32-40-75(66)93(74)60-35-37-70-72(51-60)92-73-49-59(90(16,17)18)50-79-83(73)91(70)71-38-36-61(94-76-41-33-56(87(7,8)9)45-67(76)68-46-57(88(10,11)12)34-42-77(68)94)52-78(71)95(79)84-64(53-25-20-19-21-26-53)47-58(89(13,14)15)48-69(84)62-28-24-30-81-82(62)63-27-22-23-29-80(63)96-81/h19-52,92H,1-18H3. The fourth-order valence-electron chi connectivity index (χ4n) is 15.6. The molecule has 14 aromatic rings. The van der Waals surface area contributed by atoms with Crippen LogP contribution in [-0.2, 0) is 32.5 Å². The summed E-state index contributed by atoms with van der Waals surface area (Å²) in [4.78, 5) is 2.70. The van der Waals surface area contributed by atoms with Gasteiger partial charge in [-0.15, -0.1) is 0 Å². The number of rotatable bonds is 5. The Bertz CT molecular complexity index is 5430. The SMILES string of the molecule is CC(C)(C)c1cc(-c2ccccc2)c(N2c3cc(-n4c5ccc(C(C)(C)C)cc5c5cc(C(C)(C)C)ccc54)ccc3B3c4ccc(-n5c6ccc(C(C)(C)C)cc6c6cc(C(C)(C)C)ccc65)cc4Nc4cc(C(C)(C)C)cc2c43)c(-c2cccc3oc4ccccc4c23)c1. The molecule has 0 fully saturated rings. The van der Waals surface area contributed by atoms with Gasteiger partial charge in [-0.25, -0.2) is 0 Å². The van der Waals surface area contributed by atoms with Crippen molar-refractivity contribution in [3.63, 3.8) is 0 Å². The van der Waals surface area contributed by atoms with E-state index in [4.69, 9.17) is 4.42 Å². The molecule has 3 aromatic heterocycles. The third kappa shape index (κ3) is 9.77. The van der Waals surface area contributed by atoms with Gasteiger partial charge in [-0.1, -0.05) is 222 Å². The lowest BCUT2D eigenvalue weighted by molar-refractivity contribution is 0.590. The third-order valence-electron chi connectivity index (χ3n) is 21.2. The van der Waals surface area contributed by atoms with Crippen molar-refractivity contribution in [1.82, 2.24) is 9.13 Å². The molecule has 5 heterocycles. The van der Waals surface area contributed by atoms with Crippen LogP contribution in [0.15, 0.2) is 211 Å². The molecule has 16 rings (SSSR count). The highest BCUT2D eigenvalue weighted by atomic mass is 16.3. The average molecular weight is 1250 g/mol. The lowest BCUT2D eigenvalue weighted by atomic mass is 9.33. The molecule has 11 aromatic carbocycles. The van der Waals surface area contributed by atoms with E-state index in [2.05, 4.69) is 350 Å². The Morgan fingerprint density at radius 1 is 0.323 bits per heavy atom. The van der Waals surface area contributed by atoms with Crippen molar-refractivity contribution < 1.29 is 4.42 Å². The van der Waals surface area contributed by atoms with Crippen molar-refractivity contribution in [3.8, 4) is 33.6 Å². The van der Waals surface area contributed by atoms with Gasteiger partial charge in [0.25, 0.3) is 6.71 Å². The average Bonchev–Trinajstić information content (AvgIpc) is 0.758. The van der Waals surface area contributed by atoms with Gasteiger partial charge in [0, 0.05) is 77.6 Å². The lowest BCUT2D eigenvalue weighted by Crippen LogP contribution is -2.60. The minimum absolute atomic E-state index is 0.0101. The summed E-state index contributed by atoms with van der Waals surface area (Å²) in [6.45, 7) is 41.9. The molecule has 0 saturated carbocycles. The van der Waals surface area contributed by atoms with Gasteiger partial charge in [-0.3, -0.25) is 0 Å². The van der Waals surface area contributed by atoms with Gasteiger partial charge in [0.05, 0.1) is 27.8 Å². The second-order valence-corrected chi connectivity index (χ2v) is 34.0. The molecule has 1 N–H and O–H groups in total. The molecule has 0 spiro atoms. The Hall–Kier alpha value is -9.52. The van der Waals surface area contributed by atoms with E-state index in [0.29, 0.717) is 0 Å². The highest BCUT2D eigenvalue weighted by molar-refractivity contribution is 7.00. The van der Waals surface area contributed by atoms with E-state index in [1.165, 1.54) is 99.1 Å². The van der Waals surface area contributed by atoms with Crippen molar-refractivity contribution >= 4 is 117 Å². The Morgan fingerprint density at radius 2 is 0.781 bits per heavy atom. The van der Waals surface area contributed by atoms with E-state index in [1.807, 2.05) is 0 Å². The zero-order chi connectivity index (χ0) is 67.2. The maximum atomic E-state index is 6.82. The molecule has 0 unspecified atom stereocenters. The molecule has 96 heavy (non-hydrogen) atoms. The van der Waals surface area contributed by atoms with E-state index >= 15 is 0 Å². The molecule has 0 amide bonds. The van der Waals surface area contributed by atoms with Gasteiger partial charge >= 0.3 is 0 Å². The molecule has 0 aliphatic carbocycles. The highest BCUT2D eigenvalue weighted by Gasteiger charge is 2.44. The van der Waals surface area contributed by atoms with E-state index in [9.17, 15) is 0 Å². The van der Waals surface area contributed by atoms with Crippen LogP contribution in [0.5, 0.6) is 0 Å². The summed E-state index contributed by atoms with van der Waals surface area (Å²) in [5, 5.41) is 11.6. The molecule has 0 saturated heterocycles. The number of benzene rings is 11. The molecule has 0 bridgehead atoms. The quantitative estimate of drug-likeness (QED) is 0.175. The molecule has 6 heteroatoms. The van der Waals surface area contributed by atoms with Crippen LogP contribution >= 0.6 is 0 Å². The summed E-state index contributed by atoms with van der Waals surface area (Å²) in [5.41, 5.74) is 30.1. The zero-order valence-corrected chi connectivity index (χ0v) is 59.5. The number of nitrogens with zero attached hydrogens (tertiary/aromatic N) is 3. The Kier molecular flexibility index (Phi) is 13.4. The van der Waals surface area contributed by atoms with Crippen molar-refractivity contribution in [2.75, 3.05) is 10.2 Å². The predicted molar refractivity (Wildman–Crippen MR) is 415 cm³/mol. The summed E-state index contributed by atoms with van der Waals surface area (Å²) >= 11 is 0. The van der Waals surface area contributed by atoms with Gasteiger partial charge in [0.2, 0.25) is 0 Å². The van der Waals surface area contributed by atoms with Crippen LogP contribution in [0.3, 0.4) is 0 Å². The number of aromatic nitrogens is 2. The van der Waals surface area contributed by atoms with Crippen molar-refractivity contribution in [3.05, 3.63) is 240 Å². The van der Waals surface area contributed by atoms with Gasteiger partial charge in [-0.05, 0) is 203 Å². The Labute approximate surface area is 567 Å². The van der Waals surface area contributed by atoms with Crippen LogP contribution in [0.25, 0.3) is 99.2 Å². The maximum Gasteiger partial charge on any atom is 0.252 e. The summed E-state index contributed by atoms with van der Waals surface area (Å²) in [5.74, 6) is 0. The number of para-hydroxylation sites is 1. The normalized spacial score (nSPS) is 13.8. The van der Waals surface area contributed by atoms with E-state index in [-0.39, 0.29) is 39.2 Å². The number of furan rings is 1. The largest absolute Gasteiger partial charge is 0.456 e. The molecule has 478 valence electrons. The zero-order valence-electron chi connectivity index (χ0n) is 59.5. The van der Waals surface area contributed by atoms with Crippen molar-refractivity contribution in [2.45, 2.75) is 157 Å². The third-order valence-corrected chi connectivity index (χ3v) is 21.2. The molecule has 5 nitrogen and oxygen atoms in total. The minimum atomic E-state index is -0.233. The first-order valence-electron chi connectivity index (χ1n) is 34.8. The van der Waals surface area contributed by atoms with Gasteiger partial charge in [0.1, 0.15) is 11.2 Å². The summed E-state index contributed by atoms with van der Waals surface area (Å²) in [6, 6.07) is 80.0. The second kappa shape index (κ2) is 21.0. The van der Waals surface area contributed by atoms with Crippen LogP contribution < -0.4 is 26.6 Å². The number of nitrogens with one attached hydrogen (secondary N) is 1. The summed E-state index contributed by atoms with van der Waals surface area (Å²) in [7, 11) is 0. The fraction of sp³-hybridized carbons (Fsp3) is 0.267. The first-order chi connectivity index (χ1) is 45.4. The molecule has 0 atom stereocenters. The summed E-state index contributed by atoms with van der Waals surface area (Å²) < 4.78 is 11.9. The van der Waals surface area contributed by atoms with Gasteiger partial charge in [-0.2, -0.15) is 0 Å². The Balaban J connectivity index is 1.03. The summed E-state index contributed by atoms with van der Waals surface area (Å²) in [6.07, 6.45) is 0. The lowest BCUT2D eigenvalue weighted by Gasteiger charge is -2.43. The van der Waals surface area contributed by atoms with Crippen LogP contribution in [0.2, 0.25) is 0 Å². The molecule has 2 aliphatic heterocycles. The van der Waals surface area contributed by atoms with Crippen molar-refractivity contribution in [1.29, 1.82) is 0 Å². The van der Waals surface area contributed by atoms with E-state index < -0.39 is 0 Å². The maximum absolute atomic E-state index is 6.82. The smallest absolute Gasteiger partial charge is 0.252 e. The minimum Gasteiger partial charge on any atom is -0.456 e. The molecule has 0 radical (unpaired) electrons. The number of fused-ring (bicyclic) bond motifs is 13. The van der Waals surface area contributed by atoms with Crippen LogP contribution in [0.4, 0.5) is 28.4 Å². The first kappa shape index (κ1) is 61.4. The topological polar surface area (TPSA) is 38.3 Å². The number of hydrogen-bond donors (Lipinski definition) is 1.